The molecule has 2 heteroatoms. The number of nitriles is 1. The van der Waals surface area contributed by atoms with Crippen molar-refractivity contribution >= 4 is 61.9 Å². The number of hydrogen-bond acceptors (Lipinski definition) is 2. The molecule has 0 aromatic heterocycles. The number of fused-ring (bicyclic) bond motifs is 4. The van der Waals surface area contributed by atoms with Crippen LogP contribution in [0.3, 0.4) is 0 Å². The maximum Gasteiger partial charge on any atom is 0.0991 e. The minimum Gasteiger partial charge on any atom is -0.310 e. The Bertz CT molecular complexity index is 3040. The van der Waals surface area contributed by atoms with Gasteiger partial charge in [-0.05, 0) is 144 Å². The average Bonchev–Trinajstić information content (AvgIpc) is 3.48. The summed E-state index contributed by atoms with van der Waals surface area (Å²) in [6, 6.07) is 59.6. The van der Waals surface area contributed by atoms with Gasteiger partial charge in [-0.15, -0.1) is 0 Å². The van der Waals surface area contributed by atoms with E-state index in [1.54, 1.807) is 0 Å². The highest BCUT2D eigenvalue weighted by atomic mass is 15.1. The Labute approximate surface area is 327 Å². The first-order valence-corrected chi connectivity index (χ1v) is 19.6. The van der Waals surface area contributed by atoms with Crippen molar-refractivity contribution < 1.29 is 0 Å². The van der Waals surface area contributed by atoms with E-state index in [0.717, 1.165) is 29.9 Å². The molecule has 3 aliphatic carbocycles. The molecule has 0 saturated heterocycles. The van der Waals surface area contributed by atoms with E-state index in [1.807, 2.05) is 12.1 Å². The zero-order chi connectivity index (χ0) is 37.5. The van der Waals surface area contributed by atoms with Crippen molar-refractivity contribution in [2.24, 2.45) is 0 Å². The predicted octanol–water partition coefficient (Wildman–Crippen LogP) is 13.8. The second kappa shape index (κ2) is 12.3. The lowest BCUT2D eigenvalue weighted by atomic mass is 9.78. The van der Waals surface area contributed by atoms with Crippen LogP contribution in [0.25, 0.3) is 56.0 Å². The first-order valence-electron chi connectivity index (χ1n) is 19.6. The fourth-order valence-corrected chi connectivity index (χ4v) is 9.72. The lowest BCUT2D eigenvalue weighted by Gasteiger charge is -2.29. The number of allylic oxidation sites excluding steroid dienone is 2. The van der Waals surface area contributed by atoms with Gasteiger partial charge in [-0.3, -0.25) is 0 Å². The molecule has 0 N–H and O–H groups in total. The molecule has 0 radical (unpaired) electrons. The van der Waals surface area contributed by atoms with Crippen molar-refractivity contribution in [2.45, 2.75) is 32.1 Å². The molecule has 264 valence electrons. The van der Waals surface area contributed by atoms with Gasteiger partial charge in [0.05, 0.1) is 17.3 Å². The molecule has 56 heavy (non-hydrogen) atoms. The SMILES string of the molecule is CC1(C)c2cc(C3=Cc4ccc5c6c(ccc(c46)C3)CC(c3ccccc3)=C5)ccc2-c2ccc(N(c3ccc(C#N)cc3)c3cccc4ccccc34)cc21. The average molecular weight is 715 g/mol. The van der Waals surface area contributed by atoms with Crippen LogP contribution in [0.15, 0.2) is 158 Å². The summed E-state index contributed by atoms with van der Waals surface area (Å²) in [6.45, 7) is 4.75. The molecule has 2 nitrogen and oxygen atoms in total. The zero-order valence-electron chi connectivity index (χ0n) is 31.5. The molecule has 3 aliphatic rings. The van der Waals surface area contributed by atoms with Gasteiger partial charge in [0.25, 0.3) is 0 Å². The number of rotatable bonds is 5. The van der Waals surface area contributed by atoms with E-state index < -0.39 is 0 Å². The van der Waals surface area contributed by atoms with Crippen LogP contribution in [0.4, 0.5) is 17.1 Å². The zero-order valence-corrected chi connectivity index (χ0v) is 31.5. The lowest BCUT2D eigenvalue weighted by molar-refractivity contribution is 0.660. The van der Waals surface area contributed by atoms with Crippen LogP contribution in [-0.4, -0.2) is 0 Å². The quantitative estimate of drug-likeness (QED) is 0.177. The maximum absolute atomic E-state index is 9.58. The van der Waals surface area contributed by atoms with Gasteiger partial charge >= 0.3 is 0 Å². The maximum atomic E-state index is 9.58. The van der Waals surface area contributed by atoms with Crippen LogP contribution < -0.4 is 4.90 Å². The van der Waals surface area contributed by atoms with Crippen LogP contribution in [0.2, 0.25) is 0 Å². The standard InChI is InChI=1S/C54H38N2/c1-54(2)49-31-37(43-29-40-19-17-38-27-42(35-9-4-3-5-10-35)28-39-18-20-41(30-43)53(40)52(38)39)21-25-47(49)48-26-24-45(32-50(48)54)56(44-22-15-34(33-55)16-23-44)51-14-8-12-36-11-6-7-13-46(36)51/h3-27,29,31-32H,28,30H2,1-2H3. The molecule has 0 unspecified atom stereocenters. The monoisotopic (exact) mass is 714 g/mol. The second-order valence-corrected chi connectivity index (χ2v) is 16.0. The van der Waals surface area contributed by atoms with Gasteiger partial charge < -0.3 is 4.90 Å². The topological polar surface area (TPSA) is 27.0 Å². The normalized spacial score (nSPS) is 14.4. The summed E-state index contributed by atoms with van der Waals surface area (Å²) in [5.41, 5.74) is 19.8. The molecule has 0 fully saturated rings. The smallest absolute Gasteiger partial charge is 0.0991 e. The summed E-state index contributed by atoms with van der Waals surface area (Å²) in [4.78, 5) is 2.34. The molecule has 0 heterocycles. The van der Waals surface area contributed by atoms with Crippen molar-refractivity contribution in [2.75, 3.05) is 4.90 Å². The Morgan fingerprint density at radius 2 is 1.14 bits per heavy atom. The van der Waals surface area contributed by atoms with Crippen LogP contribution in [0, 0.1) is 11.3 Å². The molecule has 0 bridgehead atoms. The number of nitrogens with zero attached hydrogens (tertiary/aromatic N) is 2. The fraction of sp³-hybridized carbons (Fsp3) is 0.0926. The summed E-state index contributed by atoms with van der Waals surface area (Å²) in [5, 5.41) is 14.8. The van der Waals surface area contributed by atoms with E-state index >= 15 is 0 Å². The van der Waals surface area contributed by atoms with Gasteiger partial charge in [0.2, 0.25) is 0 Å². The predicted molar refractivity (Wildman–Crippen MR) is 234 cm³/mol. The molecule has 0 atom stereocenters. The Kier molecular flexibility index (Phi) is 7.12. The molecule has 0 spiro atoms. The minimum atomic E-state index is -0.206. The van der Waals surface area contributed by atoms with Crippen molar-refractivity contribution in [3.63, 3.8) is 0 Å². The van der Waals surface area contributed by atoms with Crippen LogP contribution in [-0.2, 0) is 18.3 Å². The van der Waals surface area contributed by atoms with E-state index in [2.05, 4.69) is 183 Å². The lowest BCUT2D eigenvalue weighted by Crippen LogP contribution is -2.17. The van der Waals surface area contributed by atoms with E-state index in [1.165, 1.54) is 88.3 Å². The van der Waals surface area contributed by atoms with Crippen LogP contribution in [0.5, 0.6) is 0 Å². The van der Waals surface area contributed by atoms with Crippen LogP contribution in [0.1, 0.15) is 63.9 Å². The van der Waals surface area contributed by atoms with Gasteiger partial charge in [0, 0.05) is 22.2 Å². The highest BCUT2D eigenvalue weighted by Gasteiger charge is 2.37. The Hall–Kier alpha value is -6.95. The third kappa shape index (κ3) is 4.94. The van der Waals surface area contributed by atoms with Gasteiger partial charge in [-0.25, -0.2) is 0 Å². The minimum absolute atomic E-state index is 0.206. The van der Waals surface area contributed by atoms with Gasteiger partial charge in [-0.1, -0.05) is 135 Å². The fourth-order valence-electron chi connectivity index (χ4n) is 9.72. The van der Waals surface area contributed by atoms with E-state index in [4.69, 9.17) is 0 Å². The molecule has 0 amide bonds. The second-order valence-electron chi connectivity index (χ2n) is 16.0. The van der Waals surface area contributed by atoms with Crippen molar-refractivity contribution in [3.05, 3.63) is 208 Å². The Morgan fingerprint density at radius 1 is 0.536 bits per heavy atom. The third-order valence-electron chi connectivity index (χ3n) is 12.5. The first-order chi connectivity index (χ1) is 27.4. The Balaban J connectivity index is 0.979. The number of anilines is 3. The van der Waals surface area contributed by atoms with Crippen molar-refractivity contribution in [3.8, 4) is 17.2 Å². The van der Waals surface area contributed by atoms with Crippen LogP contribution >= 0.6 is 0 Å². The van der Waals surface area contributed by atoms with E-state index in [0.29, 0.717) is 5.56 Å². The van der Waals surface area contributed by atoms with E-state index in [-0.39, 0.29) is 5.41 Å². The first kappa shape index (κ1) is 32.5. The molecule has 8 aromatic carbocycles. The largest absolute Gasteiger partial charge is 0.310 e. The molecule has 8 aromatic rings. The van der Waals surface area contributed by atoms with E-state index in [9.17, 15) is 5.26 Å². The summed E-state index contributed by atoms with van der Waals surface area (Å²) >= 11 is 0. The highest BCUT2D eigenvalue weighted by molar-refractivity contribution is 6.10. The molecular formula is C54H38N2. The number of benzene rings is 8. The molecule has 0 aliphatic heterocycles. The highest BCUT2D eigenvalue weighted by Crippen LogP contribution is 2.52. The molecular weight excluding hydrogens is 677 g/mol. The van der Waals surface area contributed by atoms with Crippen molar-refractivity contribution in [1.29, 1.82) is 5.26 Å². The van der Waals surface area contributed by atoms with Gasteiger partial charge in [0.15, 0.2) is 0 Å². The summed E-state index contributed by atoms with van der Waals surface area (Å²) in [6.07, 6.45) is 6.73. The Morgan fingerprint density at radius 3 is 1.86 bits per heavy atom. The third-order valence-corrected chi connectivity index (χ3v) is 12.5. The summed E-state index contributed by atoms with van der Waals surface area (Å²) < 4.78 is 0. The summed E-state index contributed by atoms with van der Waals surface area (Å²) in [7, 11) is 0. The van der Waals surface area contributed by atoms with Gasteiger partial charge in [-0.2, -0.15) is 5.26 Å². The van der Waals surface area contributed by atoms with Crippen molar-refractivity contribution in [1.82, 2.24) is 0 Å². The number of hydrogen-bond donors (Lipinski definition) is 0. The van der Waals surface area contributed by atoms with Gasteiger partial charge in [0.1, 0.15) is 0 Å². The molecule has 11 rings (SSSR count). The summed E-state index contributed by atoms with van der Waals surface area (Å²) in [5.74, 6) is 0. The molecule has 0 saturated carbocycles.